The van der Waals surface area contributed by atoms with Gasteiger partial charge in [-0.2, -0.15) is 0 Å². The molecule has 15 heavy (non-hydrogen) atoms. The van der Waals surface area contributed by atoms with Crippen LogP contribution in [-0.4, -0.2) is 41.3 Å². The Morgan fingerprint density at radius 3 is 3.07 bits per heavy atom. The fraction of sp³-hybridized carbons (Fsp3) is 0.778. The molecule has 1 atom stereocenters. The topological polar surface area (TPSA) is 41.1 Å². The van der Waals surface area contributed by atoms with E-state index in [-0.39, 0.29) is 0 Å². The maximum Gasteiger partial charge on any atom is 0.207 e. The highest BCUT2D eigenvalue weighted by Gasteiger charge is 2.16. The van der Waals surface area contributed by atoms with E-state index in [2.05, 4.69) is 27.5 Å². The lowest BCUT2D eigenvalue weighted by Crippen LogP contribution is -2.34. The standard InChI is InChI=1S/C9H15ClN4S/c1-14(5-7-3-2-4-11-7)6-8-12-13-9(10)15-8/h7,11H,2-6H2,1H3. The van der Waals surface area contributed by atoms with Crippen molar-refractivity contribution in [1.29, 1.82) is 0 Å². The van der Waals surface area contributed by atoms with Gasteiger partial charge >= 0.3 is 0 Å². The number of hydrogen-bond donors (Lipinski definition) is 1. The molecular formula is C9H15ClN4S. The Morgan fingerprint density at radius 2 is 2.47 bits per heavy atom. The van der Waals surface area contributed by atoms with E-state index in [1.807, 2.05) is 0 Å². The number of halogens is 1. The zero-order valence-corrected chi connectivity index (χ0v) is 10.3. The molecule has 1 saturated heterocycles. The minimum absolute atomic E-state index is 0.525. The summed E-state index contributed by atoms with van der Waals surface area (Å²) in [7, 11) is 2.11. The zero-order valence-electron chi connectivity index (χ0n) is 8.74. The molecule has 1 fully saturated rings. The fourth-order valence-electron chi connectivity index (χ4n) is 1.88. The summed E-state index contributed by atoms with van der Waals surface area (Å²) in [6, 6.07) is 0.637. The van der Waals surface area contributed by atoms with E-state index in [0.29, 0.717) is 10.5 Å². The lowest BCUT2D eigenvalue weighted by molar-refractivity contribution is 0.292. The summed E-state index contributed by atoms with van der Waals surface area (Å²) in [6.07, 6.45) is 2.57. The van der Waals surface area contributed by atoms with Gasteiger partial charge in [-0.25, -0.2) is 0 Å². The van der Waals surface area contributed by atoms with Crippen molar-refractivity contribution in [1.82, 2.24) is 20.4 Å². The Morgan fingerprint density at radius 1 is 1.60 bits per heavy atom. The molecular weight excluding hydrogens is 232 g/mol. The average Bonchev–Trinajstić information content (AvgIpc) is 2.77. The quantitative estimate of drug-likeness (QED) is 0.872. The first-order valence-electron chi connectivity index (χ1n) is 5.14. The molecule has 0 aliphatic carbocycles. The van der Waals surface area contributed by atoms with Crippen LogP contribution in [0.2, 0.25) is 4.47 Å². The van der Waals surface area contributed by atoms with Gasteiger partial charge in [-0.05, 0) is 38.0 Å². The van der Waals surface area contributed by atoms with Gasteiger partial charge in [0.15, 0.2) is 0 Å². The molecule has 1 unspecified atom stereocenters. The Hall–Kier alpha value is -0.230. The molecule has 84 valence electrons. The molecule has 2 rings (SSSR count). The molecule has 1 aromatic heterocycles. The fourth-order valence-corrected chi connectivity index (χ4v) is 2.83. The molecule has 1 aliphatic heterocycles. The van der Waals surface area contributed by atoms with Gasteiger partial charge in [0.05, 0.1) is 6.54 Å². The molecule has 4 nitrogen and oxygen atoms in total. The van der Waals surface area contributed by atoms with Crippen LogP contribution in [0.5, 0.6) is 0 Å². The molecule has 0 spiro atoms. The van der Waals surface area contributed by atoms with Gasteiger partial charge in [0.2, 0.25) is 4.47 Å². The smallest absolute Gasteiger partial charge is 0.207 e. The van der Waals surface area contributed by atoms with Gasteiger partial charge in [0.1, 0.15) is 5.01 Å². The van der Waals surface area contributed by atoms with Gasteiger partial charge in [-0.3, -0.25) is 4.90 Å². The van der Waals surface area contributed by atoms with Crippen LogP contribution in [0.1, 0.15) is 17.8 Å². The summed E-state index contributed by atoms with van der Waals surface area (Å²) in [6.45, 7) is 3.06. The van der Waals surface area contributed by atoms with Crippen molar-refractivity contribution in [2.75, 3.05) is 20.1 Å². The van der Waals surface area contributed by atoms with Gasteiger partial charge < -0.3 is 5.32 Å². The summed E-state index contributed by atoms with van der Waals surface area (Å²) >= 11 is 7.18. The second-order valence-electron chi connectivity index (χ2n) is 3.94. The Bertz CT molecular complexity index is 311. The average molecular weight is 247 g/mol. The van der Waals surface area contributed by atoms with E-state index in [1.165, 1.54) is 24.2 Å². The molecule has 0 aromatic carbocycles. The first kappa shape index (κ1) is 11.3. The first-order chi connectivity index (χ1) is 7.24. The third-order valence-electron chi connectivity index (χ3n) is 2.54. The van der Waals surface area contributed by atoms with Crippen molar-refractivity contribution < 1.29 is 0 Å². The van der Waals surface area contributed by atoms with Crippen LogP contribution >= 0.6 is 22.9 Å². The van der Waals surface area contributed by atoms with Crippen molar-refractivity contribution in [3.05, 3.63) is 9.47 Å². The number of rotatable bonds is 4. The Labute approximate surface area is 98.6 Å². The lowest BCUT2D eigenvalue weighted by atomic mass is 10.2. The first-order valence-corrected chi connectivity index (χ1v) is 6.33. The number of aromatic nitrogens is 2. The van der Waals surface area contributed by atoms with E-state index in [0.717, 1.165) is 24.6 Å². The van der Waals surface area contributed by atoms with E-state index >= 15 is 0 Å². The van der Waals surface area contributed by atoms with Gasteiger partial charge in [0, 0.05) is 12.6 Å². The molecule has 1 aromatic rings. The third-order valence-corrected chi connectivity index (χ3v) is 3.55. The van der Waals surface area contributed by atoms with Crippen LogP contribution < -0.4 is 5.32 Å². The normalized spacial score (nSPS) is 21.4. The number of hydrogen-bond acceptors (Lipinski definition) is 5. The minimum Gasteiger partial charge on any atom is -0.313 e. The van der Waals surface area contributed by atoms with Crippen LogP contribution in [0.3, 0.4) is 0 Å². The highest BCUT2D eigenvalue weighted by Crippen LogP contribution is 2.16. The third kappa shape index (κ3) is 3.38. The molecule has 0 saturated carbocycles. The number of likely N-dealkylation sites (N-methyl/N-ethyl adjacent to an activating group) is 1. The largest absolute Gasteiger partial charge is 0.313 e. The van der Waals surface area contributed by atoms with E-state index in [9.17, 15) is 0 Å². The molecule has 1 aliphatic rings. The summed E-state index contributed by atoms with van der Waals surface area (Å²) in [4.78, 5) is 2.26. The van der Waals surface area contributed by atoms with Crippen molar-refractivity contribution in [3.63, 3.8) is 0 Å². The van der Waals surface area contributed by atoms with Crippen molar-refractivity contribution in [2.45, 2.75) is 25.4 Å². The highest BCUT2D eigenvalue weighted by molar-refractivity contribution is 7.15. The van der Waals surface area contributed by atoms with Crippen LogP contribution in [-0.2, 0) is 6.54 Å². The predicted octanol–water partition coefficient (Wildman–Crippen LogP) is 1.38. The van der Waals surface area contributed by atoms with Crippen LogP contribution in [0.4, 0.5) is 0 Å². The summed E-state index contributed by atoms with van der Waals surface area (Å²) in [5.74, 6) is 0. The van der Waals surface area contributed by atoms with Crippen molar-refractivity contribution in [2.24, 2.45) is 0 Å². The second-order valence-corrected chi connectivity index (χ2v) is 5.58. The van der Waals surface area contributed by atoms with Crippen LogP contribution in [0.15, 0.2) is 0 Å². The van der Waals surface area contributed by atoms with E-state index in [1.54, 1.807) is 0 Å². The molecule has 0 radical (unpaired) electrons. The van der Waals surface area contributed by atoms with Crippen molar-refractivity contribution >= 4 is 22.9 Å². The molecule has 0 bridgehead atoms. The predicted molar refractivity (Wildman–Crippen MR) is 62.3 cm³/mol. The highest BCUT2D eigenvalue weighted by atomic mass is 35.5. The molecule has 0 amide bonds. The van der Waals surface area contributed by atoms with Gasteiger partial charge in [0.25, 0.3) is 0 Å². The second kappa shape index (κ2) is 5.21. The number of nitrogens with one attached hydrogen (secondary N) is 1. The van der Waals surface area contributed by atoms with Crippen molar-refractivity contribution in [3.8, 4) is 0 Å². The maximum absolute atomic E-state index is 5.73. The maximum atomic E-state index is 5.73. The molecule has 2 heterocycles. The van der Waals surface area contributed by atoms with Gasteiger partial charge in [-0.1, -0.05) is 11.3 Å². The Balaban J connectivity index is 1.78. The molecule has 1 N–H and O–H groups in total. The summed E-state index contributed by atoms with van der Waals surface area (Å²) < 4.78 is 0.525. The minimum atomic E-state index is 0.525. The lowest BCUT2D eigenvalue weighted by Gasteiger charge is -2.19. The summed E-state index contributed by atoms with van der Waals surface area (Å²) in [5, 5.41) is 12.3. The van der Waals surface area contributed by atoms with E-state index < -0.39 is 0 Å². The zero-order chi connectivity index (χ0) is 10.7. The summed E-state index contributed by atoms with van der Waals surface area (Å²) in [5.41, 5.74) is 0. The van der Waals surface area contributed by atoms with Crippen LogP contribution in [0, 0.1) is 0 Å². The van der Waals surface area contributed by atoms with E-state index in [4.69, 9.17) is 11.6 Å². The van der Waals surface area contributed by atoms with Gasteiger partial charge in [-0.15, -0.1) is 10.2 Å². The van der Waals surface area contributed by atoms with Crippen LogP contribution in [0.25, 0.3) is 0 Å². The number of nitrogens with zero attached hydrogens (tertiary/aromatic N) is 3. The molecule has 6 heteroatoms. The monoisotopic (exact) mass is 246 g/mol. The SMILES string of the molecule is CN(Cc1nnc(Cl)s1)CC1CCCN1. The Kier molecular flexibility index (Phi) is 3.91.